The summed E-state index contributed by atoms with van der Waals surface area (Å²) in [4.78, 5) is 18.5. The lowest BCUT2D eigenvalue weighted by atomic mass is 9.93. The van der Waals surface area contributed by atoms with E-state index in [0.29, 0.717) is 34.9 Å². The van der Waals surface area contributed by atoms with Crippen molar-refractivity contribution in [2.45, 2.75) is 6.92 Å². The number of carbonyl (C=O) groups excluding carboxylic acids is 1. The molecule has 0 fully saturated rings. The van der Waals surface area contributed by atoms with E-state index in [4.69, 9.17) is 28.9 Å². The molecule has 10 heteroatoms. The minimum absolute atomic E-state index is 0.0375. The molecule has 0 spiro atoms. The van der Waals surface area contributed by atoms with Crippen molar-refractivity contribution in [3.63, 3.8) is 0 Å². The zero-order valence-electron chi connectivity index (χ0n) is 17.0. The molecular weight excluding hydrogens is 459 g/mol. The highest BCUT2D eigenvalue weighted by Gasteiger charge is 2.31. The van der Waals surface area contributed by atoms with Gasteiger partial charge in [0.15, 0.2) is 0 Å². The predicted octanol–water partition coefficient (Wildman–Crippen LogP) is 5.74. The fraction of sp³-hybridized carbons (Fsp3) is 0.182. The van der Waals surface area contributed by atoms with E-state index in [1.165, 1.54) is 23.2 Å². The largest absolute Gasteiger partial charge is 0.384 e. The fourth-order valence-electron chi connectivity index (χ4n) is 3.72. The third-order valence-corrected chi connectivity index (χ3v) is 5.61. The summed E-state index contributed by atoms with van der Waals surface area (Å²) >= 11 is 12.6. The Balaban J connectivity index is 2.05. The summed E-state index contributed by atoms with van der Waals surface area (Å²) in [7, 11) is 0. The van der Waals surface area contributed by atoms with Gasteiger partial charge in [0.2, 0.25) is 0 Å². The Kier molecular flexibility index (Phi) is 6.19. The normalized spacial score (nSPS) is 12.7. The minimum Gasteiger partial charge on any atom is -0.384 e. The predicted molar refractivity (Wildman–Crippen MR) is 125 cm³/mol. The van der Waals surface area contributed by atoms with Gasteiger partial charge in [-0.25, -0.2) is 18.6 Å². The number of hydrogen-bond donors (Lipinski definition) is 3. The number of anilines is 3. The third kappa shape index (κ3) is 3.85. The van der Waals surface area contributed by atoms with Gasteiger partial charge in [-0.15, -0.1) is 0 Å². The quantitative estimate of drug-likeness (QED) is 0.437. The van der Waals surface area contributed by atoms with E-state index in [1.54, 1.807) is 25.1 Å². The summed E-state index contributed by atoms with van der Waals surface area (Å²) in [6, 6.07) is 6.75. The minimum atomic E-state index is -0.818. The van der Waals surface area contributed by atoms with Crippen LogP contribution in [0.15, 0.2) is 36.5 Å². The number of nitrogens with two attached hydrogens (primary N) is 1. The van der Waals surface area contributed by atoms with Crippen LogP contribution in [0.1, 0.15) is 6.92 Å². The van der Waals surface area contributed by atoms with Crippen LogP contribution < -0.4 is 21.3 Å². The van der Waals surface area contributed by atoms with Gasteiger partial charge in [0.05, 0.1) is 16.3 Å². The van der Waals surface area contributed by atoms with E-state index in [9.17, 15) is 4.79 Å². The SMILES string of the molecule is CCN1C(=O)Nc2cc(Cl)ccc2-c2c1ncc(Cl)c2-c1c(F)cc(NCCN)cc1F. The number of aromatic nitrogens is 1. The molecule has 0 unspecified atom stereocenters. The molecule has 166 valence electrons. The molecule has 0 atom stereocenters. The van der Waals surface area contributed by atoms with Crippen molar-refractivity contribution in [1.82, 2.24) is 4.98 Å². The van der Waals surface area contributed by atoms with Crippen LogP contribution >= 0.6 is 23.2 Å². The van der Waals surface area contributed by atoms with Crippen LogP contribution in [0.3, 0.4) is 0 Å². The van der Waals surface area contributed by atoms with Crippen molar-refractivity contribution in [2.75, 3.05) is 35.2 Å². The lowest BCUT2D eigenvalue weighted by Gasteiger charge is -2.22. The van der Waals surface area contributed by atoms with Gasteiger partial charge in [-0.05, 0) is 31.2 Å². The number of hydrogen-bond acceptors (Lipinski definition) is 4. The van der Waals surface area contributed by atoms with Crippen molar-refractivity contribution < 1.29 is 13.6 Å². The zero-order valence-corrected chi connectivity index (χ0v) is 18.5. The maximum atomic E-state index is 15.3. The zero-order chi connectivity index (χ0) is 23.0. The van der Waals surface area contributed by atoms with E-state index in [2.05, 4.69) is 15.6 Å². The van der Waals surface area contributed by atoms with Gasteiger partial charge in [-0.2, -0.15) is 0 Å². The Hall–Kier alpha value is -2.94. The molecule has 0 bridgehead atoms. The maximum Gasteiger partial charge on any atom is 0.327 e. The van der Waals surface area contributed by atoms with Gasteiger partial charge >= 0.3 is 6.03 Å². The number of fused-ring (bicyclic) bond motifs is 3. The van der Waals surface area contributed by atoms with Crippen LogP contribution in [-0.4, -0.2) is 30.6 Å². The molecule has 1 aliphatic heterocycles. The number of nitrogens with one attached hydrogen (secondary N) is 2. The smallest absolute Gasteiger partial charge is 0.327 e. The van der Waals surface area contributed by atoms with E-state index in [-0.39, 0.29) is 34.2 Å². The van der Waals surface area contributed by atoms with Crippen molar-refractivity contribution in [3.05, 3.63) is 58.2 Å². The highest BCUT2D eigenvalue weighted by Crippen LogP contribution is 2.48. The van der Waals surface area contributed by atoms with Gasteiger partial charge in [-0.3, -0.25) is 4.90 Å². The first-order chi connectivity index (χ1) is 15.3. The van der Waals surface area contributed by atoms with Crippen LogP contribution in [0, 0.1) is 11.6 Å². The summed E-state index contributed by atoms with van der Waals surface area (Å²) in [5.41, 5.74) is 6.68. The number of halogens is 4. The summed E-state index contributed by atoms with van der Waals surface area (Å²) in [5.74, 6) is -1.40. The van der Waals surface area contributed by atoms with E-state index in [1.807, 2.05) is 0 Å². The second-order valence-corrected chi connectivity index (χ2v) is 7.92. The van der Waals surface area contributed by atoms with Crippen molar-refractivity contribution in [1.29, 1.82) is 0 Å². The molecule has 2 aromatic carbocycles. The van der Waals surface area contributed by atoms with Crippen LogP contribution in [0.5, 0.6) is 0 Å². The Bertz CT molecular complexity index is 1200. The number of urea groups is 1. The first-order valence-corrected chi connectivity index (χ1v) is 10.6. The molecular formula is C22H19Cl2F2N5O. The molecule has 0 radical (unpaired) electrons. The third-order valence-electron chi connectivity index (χ3n) is 5.09. The standard InChI is InChI=1S/C22H19Cl2F2N5O/c1-2-31-21-18(13-4-3-11(23)7-17(13)30-22(31)32)19(14(24)10-29-21)20-15(25)8-12(9-16(20)26)28-6-5-27/h3-4,7-10,28H,2,5-6,27H2,1H3,(H,30,32). The second-order valence-electron chi connectivity index (χ2n) is 7.07. The maximum absolute atomic E-state index is 15.3. The summed E-state index contributed by atoms with van der Waals surface area (Å²) in [6.45, 7) is 2.70. The van der Waals surface area contributed by atoms with E-state index >= 15 is 8.78 Å². The van der Waals surface area contributed by atoms with Gasteiger partial charge in [0.25, 0.3) is 0 Å². The average molecular weight is 478 g/mol. The van der Waals surface area contributed by atoms with Gasteiger partial charge in [0, 0.05) is 53.2 Å². The Labute approximate surface area is 193 Å². The molecule has 0 saturated heterocycles. The molecule has 32 heavy (non-hydrogen) atoms. The number of amides is 2. The van der Waals surface area contributed by atoms with Crippen LogP contribution in [0.4, 0.5) is 30.8 Å². The Morgan fingerprint density at radius 3 is 2.50 bits per heavy atom. The van der Waals surface area contributed by atoms with Gasteiger partial charge in [-0.1, -0.05) is 29.3 Å². The average Bonchev–Trinajstić information content (AvgIpc) is 2.86. The molecule has 0 aliphatic carbocycles. The second kappa shape index (κ2) is 8.90. The molecule has 4 rings (SSSR count). The van der Waals surface area contributed by atoms with Crippen LogP contribution in [-0.2, 0) is 0 Å². The van der Waals surface area contributed by atoms with Gasteiger partial charge < -0.3 is 16.4 Å². The van der Waals surface area contributed by atoms with Crippen LogP contribution in [0.2, 0.25) is 10.0 Å². The molecule has 4 N–H and O–H groups in total. The fourth-order valence-corrected chi connectivity index (χ4v) is 4.13. The topological polar surface area (TPSA) is 83.3 Å². The Morgan fingerprint density at radius 2 is 1.84 bits per heavy atom. The van der Waals surface area contributed by atoms with Crippen molar-refractivity contribution in [3.8, 4) is 22.3 Å². The first kappa shape index (κ1) is 22.3. The van der Waals surface area contributed by atoms with Crippen LogP contribution in [0.25, 0.3) is 22.3 Å². The molecule has 1 aromatic heterocycles. The van der Waals surface area contributed by atoms with Crippen molar-refractivity contribution in [2.24, 2.45) is 5.73 Å². The first-order valence-electron chi connectivity index (χ1n) is 9.86. The Morgan fingerprint density at radius 1 is 1.12 bits per heavy atom. The summed E-state index contributed by atoms with van der Waals surface area (Å²) < 4.78 is 30.5. The summed E-state index contributed by atoms with van der Waals surface area (Å²) in [6.07, 6.45) is 1.28. The van der Waals surface area contributed by atoms with Crippen molar-refractivity contribution >= 4 is 46.4 Å². The molecule has 3 aromatic rings. The van der Waals surface area contributed by atoms with Gasteiger partial charge in [0.1, 0.15) is 17.5 Å². The van der Waals surface area contributed by atoms with E-state index in [0.717, 1.165) is 0 Å². The molecule has 0 saturated carbocycles. The summed E-state index contributed by atoms with van der Waals surface area (Å²) in [5, 5.41) is 6.06. The molecule has 2 amide bonds. The van der Waals surface area contributed by atoms with E-state index < -0.39 is 17.7 Å². The number of nitrogens with zero attached hydrogens (tertiary/aromatic N) is 2. The molecule has 2 heterocycles. The monoisotopic (exact) mass is 477 g/mol. The number of rotatable bonds is 5. The molecule has 6 nitrogen and oxygen atoms in total. The molecule has 1 aliphatic rings. The highest BCUT2D eigenvalue weighted by molar-refractivity contribution is 6.35. The highest BCUT2D eigenvalue weighted by atomic mass is 35.5. The number of pyridine rings is 1. The lowest BCUT2D eigenvalue weighted by Crippen LogP contribution is -2.34. The number of benzene rings is 2. The lowest BCUT2D eigenvalue weighted by molar-refractivity contribution is 0.257. The number of carbonyl (C=O) groups is 1.